The Hall–Kier alpha value is -0.230. The molecule has 0 N–H and O–H groups in total. The highest BCUT2D eigenvalue weighted by Crippen LogP contribution is 2.31. The lowest BCUT2D eigenvalue weighted by Gasteiger charge is -2.34. The van der Waals surface area contributed by atoms with E-state index in [4.69, 9.17) is 16.3 Å². The van der Waals surface area contributed by atoms with Crippen molar-refractivity contribution >= 4 is 27.5 Å². The van der Waals surface area contributed by atoms with Gasteiger partial charge in [-0.1, -0.05) is 11.6 Å². The molecule has 2 aliphatic heterocycles. The summed E-state index contributed by atoms with van der Waals surface area (Å²) in [6.45, 7) is 4.74. The van der Waals surface area contributed by atoms with Crippen molar-refractivity contribution in [3.05, 3.63) is 21.1 Å². The summed E-state index contributed by atoms with van der Waals surface area (Å²) in [6.07, 6.45) is 2.46. The van der Waals surface area contributed by atoms with Gasteiger partial charge in [-0.25, -0.2) is 9.97 Å². The van der Waals surface area contributed by atoms with Crippen molar-refractivity contribution in [2.24, 2.45) is 0 Å². The first-order chi connectivity index (χ1) is 8.65. The number of nitrogens with zero attached hydrogens (tertiary/aromatic N) is 3. The minimum atomic E-state index is -0.0522. The SMILES string of the molecule is Cc1nc(C2CN3CCCC3CO2)nc(Cl)c1Br. The van der Waals surface area contributed by atoms with Gasteiger partial charge in [-0.3, -0.25) is 4.90 Å². The molecule has 0 spiro atoms. The molecule has 2 unspecified atom stereocenters. The monoisotopic (exact) mass is 331 g/mol. The van der Waals surface area contributed by atoms with E-state index in [2.05, 4.69) is 30.8 Å². The number of ether oxygens (including phenoxy) is 1. The first kappa shape index (κ1) is 12.8. The predicted octanol–water partition coefficient (Wildman–Crippen LogP) is 2.74. The van der Waals surface area contributed by atoms with Gasteiger partial charge < -0.3 is 4.74 Å². The Balaban J connectivity index is 1.83. The molecule has 2 atom stereocenters. The maximum atomic E-state index is 6.08. The summed E-state index contributed by atoms with van der Waals surface area (Å²) < 4.78 is 6.65. The molecule has 0 amide bonds. The lowest BCUT2D eigenvalue weighted by Crippen LogP contribution is -2.42. The van der Waals surface area contributed by atoms with Crippen LogP contribution in [0.25, 0.3) is 0 Å². The van der Waals surface area contributed by atoms with Gasteiger partial charge in [-0.2, -0.15) is 0 Å². The minimum absolute atomic E-state index is 0.0522. The molecule has 6 heteroatoms. The van der Waals surface area contributed by atoms with Gasteiger partial charge in [-0.15, -0.1) is 0 Å². The van der Waals surface area contributed by atoms with Gasteiger partial charge in [0.15, 0.2) is 5.82 Å². The quantitative estimate of drug-likeness (QED) is 0.741. The molecule has 98 valence electrons. The standard InChI is InChI=1S/C12H15BrClN3O/c1-7-10(13)11(14)16-12(15-7)9-5-17-4-2-3-8(17)6-18-9/h8-9H,2-6H2,1H3. The molecular weight excluding hydrogens is 318 g/mol. The number of aromatic nitrogens is 2. The van der Waals surface area contributed by atoms with Crippen LogP contribution in [0.1, 0.15) is 30.5 Å². The molecule has 0 aliphatic carbocycles. The van der Waals surface area contributed by atoms with Crippen LogP contribution in [0, 0.1) is 6.92 Å². The predicted molar refractivity (Wildman–Crippen MR) is 72.8 cm³/mol. The maximum absolute atomic E-state index is 6.08. The fraction of sp³-hybridized carbons (Fsp3) is 0.667. The zero-order valence-corrected chi connectivity index (χ0v) is 12.5. The van der Waals surface area contributed by atoms with E-state index in [9.17, 15) is 0 Å². The van der Waals surface area contributed by atoms with Crippen molar-refractivity contribution in [3.63, 3.8) is 0 Å². The van der Waals surface area contributed by atoms with E-state index in [1.165, 1.54) is 12.8 Å². The molecule has 3 heterocycles. The van der Waals surface area contributed by atoms with Crippen molar-refractivity contribution in [1.82, 2.24) is 14.9 Å². The second kappa shape index (κ2) is 5.04. The van der Waals surface area contributed by atoms with Crippen molar-refractivity contribution in [1.29, 1.82) is 0 Å². The van der Waals surface area contributed by atoms with Crippen LogP contribution in [0.4, 0.5) is 0 Å². The molecule has 2 fully saturated rings. The van der Waals surface area contributed by atoms with E-state index in [0.29, 0.717) is 17.0 Å². The van der Waals surface area contributed by atoms with Gasteiger partial charge in [0.1, 0.15) is 11.3 Å². The molecule has 4 nitrogen and oxygen atoms in total. The topological polar surface area (TPSA) is 38.2 Å². The summed E-state index contributed by atoms with van der Waals surface area (Å²) in [5, 5.41) is 0.463. The fourth-order valence-corrected chi connectivity index (χ4v) is 3.06. The largest absolute Gasteiger partial charge is 0.367 e. The highest BCUT2D eigenvalue weighted by molar-refractivity contribution is 9.10. The van der Waals surface area contributed by atoms with Gasteiger partial charge in [0.25, 0.3) is 0 Å². The Labute approximate surface area is 120 Å². The second-order valence-corrected chi connectivity index (χ2v) is 6.04. The molecule has 3 rings (SSSR count). The normalized spacial score (nSPS) is 28.4. The number of rotatable bonds is 1. The Kier molecular flexibility index (Phi) is 3.58. The molecule has 18 heavy (non-hydrogen) atoms. The van der Waals surface area contributed by atoms with Crippen LogP contribution in [0.15, 0.2) is 4.47 Å². The molecule has 1 aromatic heterocycles. The average molecular weight is 333 g/mol. The highest BCUT2D eigenvalue weighted by atomic mass is 79.9. The molecule has 2 saturated heterocycles. The summed E-state index contributed by atoms with van der Waals surface area (Å²) in [7, 11) is 0. The lowest BCUT2D eigenvalue weighted by molar-refractivity contribution is -0.0542. The van der Waals surface area contributed by atoms with Crippen LogP contribution >= 0.6 is 27.5 Å². The smallest absolute Gasteiger partial charge is 0.160 e. The zero-order valence-electron chi connectivity index (χ0n) is 10.2. The summed E-state index contributed by atoms with van der Waals surface area (Å²) >= 11 is 9.46. The molecule has 2 aliphatic rings. The number of halogens is 2. The summed E-state index contributed by atoms with van der Waals surface area (Å²) in [5.74, 6) is 0.700. The fourth-order valence-electron chi connectivity index (χ4n) is 2.66. The number of hydrogen-bond donors (Lipinski definition) is 0. The third kappa shape index (κ3) is 2.29. The maximum Gasteiger partial charge on any atom is 0.160 e. The van der Waals surface area contributed by atoms with Gasteiger partial charge in [0.05, 0.1) is 16.8 Å². The van der Waals surface area contributed by atoms with Crippen LogP contribution in [-0.4, -0.2) is 40.6 Å². The van der Waals surface area contributed by atoms with Crippen LogP contribution in [-0.2, 0) is 4.74 Å². The van der Waals surface area contributed by atoms with Gasteiger partial charge >= 0.3 is 0 Å². The molecule has 0 aromatic carbocycles. The van der Waals surface area contributed by atoms with Crippen LogP contribution in [0.3, 0.4) is 0 Å². The first-order valence-corrected chi connectivity index (χ1v) is 7.37. The van der Waals surface area contributed by atoms with E-state index >= 15 is 0 Å². The number of morpholine rings is 1. The van der Waals surface area contributed by atoms with Crippen LogP contribution < -0.4 is 0 Å². The molecule has 0 radical (unpaired) electrons. The summed E-state index contributed by atoms with van der Waals surface area (Å²) in [6, 6.07) is 0.591. The average Bonchev–Trinajstić information content (AvgIpc) is 2.82. The van der Waals surface area contributed by atoms with E-state index in [0.717, 1.165) is 29.9 Å². The Morgan fingerprint density at radius 1 is 1.44 bits per heavy atom. The summed E-state index contributed by atoms with van der Waals surface area (Å²) in [4.78, 5) is 11.3. The van der Waals surface area contributed by atoms with E-state index < -0.39 is 0 Å². The Morgan fingerprint density at radius 2 is 2.28 bits per heavy atom. The highest BCUT2D eigenvalue weighted by Gasteiger charge is 2.34. The Morgan fingerprint density at radius 3 is 3.06 bits per heavy atom. The van der Waals surface area contributed by atoms with E-state index in [1.807, 2.05) is 6.92 Å². The molecule has 0 saturated carbocycles. The van der Waals surface area contributed by atoms with Gasteiger partial charge in [0.2, 0.25) is 0 Å². The van der Waals surface area contributed by atoms with E-state index in [-0.39, 0.29) is 6.10 Å². The first-order valence-electron chi connectivity index (χ1n) is 6.20. The molecular formula is C12H15BrClN3O. The second-order valence-electron chi connectivity index (χ2n) is 4.88. The third-order valence-corrected chi connectivity index (χ3v) is 5.12. The van der Waals surface area contributed by atoms with Gasteiger partial charge in [-0.05, 0) is 42.2 Å². The van der Waals surface area contributed by atoms with Crippen molar-refractivity contribution in [2.45, 2.75) is 31.9 Å². The van der Waals surface area contributed by atoms with E-state index in [1.54, 1.807) is 0 Å². The number of aryl methyl sites for hydroxylation is 1. The number of hydrogen-bond acceptors (Lipinski definition) is 4. The third-order valence-electron chi connectivity index (χ3n) is 3.67. The lowest BCUT2D eigenvalue weighted by atomic mass is 10.2. The van der Waals surface area contributed by atoms with Crippen LogP contribution in [0.5, 0.6) is 0 Å². The van der Waals surface area contributed by atoms with Crippen molar-refractivity contribution in [2.75, 3.05) is 19.7 Å². The summed E-state index contributed by atoms with van der Waals surface area (Å²) in [5.41, 5.74) is 0.858. The van der Waals surface area contributed by atoms with Crippen LogP contribution in [0.2, 0.25) is 5.15 Å². The minimum Gasteiger partial charge on any atom is -0.367 e. The molecule has 0 bridgehead atoms. The zero-order chi connectivity index (χ0) is 12.7. The Bertz CT molecular complexity index is 448. The van der Waals surface area contributed by atoms with Crippen molar-refractivity contribution in [3.8, 4) is 0 Å². The number of fused-ring (bicyclic) bond motifs is 1. The molecule has 1 aromatic rings. The van der Waals surface area contributed by atoms with Crippen molar-refractivity contribution < 1.29 is 4.74 Å². The van der Waals surface area contributed by atoms with Gasteiger partial charge in [0, 0.05) is 12.6 Å².